The monoisotopic (exact) mass is 600 g/mol. The van der Waals surface area contributed by atoms with Crippen LogP contribution in [0.25, 0.3) is 0 Å². The lowest BCUT2D eigenvalue weighted by Crippen LogP contribution is -2.23. The van der Waals surface area contributed by atoms with Gasteiger partial charge in [-0.05, 0) is 62.5 Å². The predicted octanol–water partition coefficient (Wildman–Crippen LogP) is 4.91. The van der Waals surface area contributed by atoms with E-state index in [0.29, 0.717) is 44.2 Å². The molecule has 0 saturated heterocycles. The van der Waals surface area contributed by atoms with E-state index in [4.69, 9.17) is 0 Å². The smallest absolute Gasteiger partial charge is 0.393 e. The lowest BCUT2D eigenvalue weighted by atomic mass is 9.89. The summed E-state index contributed by atoms with van der Waals surface area (Å²) in [5, 5.41) is 43.3. The number of aryl methyl sites for hydroxylation is 1. The van der Waals surface area contributed by atoms with Gasteiger partial charge in [0, 0.05) is 25.3 Å². The first-order chi connectivity index (χ1) is 20.0. The van der Waals surface area contributed by atoms with Crippen LogP contribution in [0.15, 0.2) is 48.6 Å². The Morgan fingerprint density at radius 2 is 1.90 bits per heavy atom. The summed E-state index contributed by atoms with van der Waals surface area (Å²) >= 11 is 0. The molecule has 1 aromatic carbocycles. The number of halogens is 3. The fourth-order valence-electron chi connectivity index (χ4n) is 5.06. The Kier molecular flexibility index (Phi) is 15.6. The minimum atomic E-state index is -4.42. The number of amides is 1. The Morgan fingerprint density at radius 1 is 1.14 bits per heavy atom. The number of aliphatic hydroxyl groups excluding tert-OH is 3. The lowest BCUT2D eigenvalue weighted by molar-refractivity contribution is -0.757. The van der Waals surface area contributed by atoms with Gasteiger partial charge in [-0.3, -0.25) is 4.79 Å². The van der Waals surface area contributed by atoms with Crippen molar-refractivity contribution in [1.82, 2.24) is 5.32 Å². The van der Waals surface area contributed by atoms with Gasteiger partial charge in [0.1, 0.15) is 0 Å². The molecule has 1 saturated carbocycles. The van der Waals surface area contributed by atoms with E-state index in [1.165, 1.54) is 6.07 Å². The van der Waals surface area contributed by atoms with E-state index in [-0.39, 0.29) is 43.6 Å². The fourth-order valence-corrected chi connectivity index (χ4v) is 5.06. The molecule has 0 bridgehead atoms. The van der Waals surface area contributed by atoms with Crippen molar-refractivity contribution in [2.45, 2.75) is 95.1 Å². The molecule has 2 rings (SSSR count). The Morgan fingerprint density at radius 3 is 2.64 bits per heavy atom. The SMILES string of the molecule is O=C(CCCC=CC[C@@H]1[C@@H](C=C[C@@H](O)CCc2cccc(C(F)(F)F)c2)[C@H](O)C[C@@H]1O)NCCCCCCO[N+](=O)[O-]. The topological polar surface area (TPSA) is 142 Å². The van der Waals surface area contributed by atoms with Crippen molar-refractivity contribution < 1.29 is 43.2 Å². The quantitative estimate of drug-likeness (QED) is 0.0765. The maximum absolute atomic E-state index is 12.9. The molecular weight excluding hydrogens is 557 g/mol. The number of benzene rings is 1. The highest BCUT2D eigenvalue weighted by molar-refractivity contribution is 5.75. The fraction of sp³-hybridized carbons (Fsp3) is 0.633. The van der Waals surface area contributed by atoms with Crippen LogP contribution in [0.3, 0.4) is 0 Å². The molecule has 236 valence electrons. The molecule has 4 N–H and O–H groups in total. The Bertz CT molecular complexity index is 1020. The largest absolute Gasteiger partial charge is 0.416 e. The lowest BCUT2D eigenvalue weighted by Gasteiger charge is -2.19. The van der Waals surface area contributed by atoms with Crippen LogP contribution in [0, 0.1) is 22.0 Å². The van der Waals surface area contributed by atoms with Gasteiger partial charge in [-0.25, -0.2) is 0 Å². The predicted molar refractivity (Wildman–Crippen MR) is 151 cm³/mol. The van der Waals surface area contributed by atoms with Crippen LogP contribution in [0.2, 0.25) is 0 Å². The number of allylic oxidation sites excluding steroid dienone is 2. The van der Waals surface area contributed by atoms with Gasteiger partial charge in [-0.1, -0.05) is 55.3 Å². The summed E-state index contributed by atoms with van der Waals surface area (Å²) in [5.41, 5.74) is -0.249. The highest BCUT2D eigenvalue weighted by Crippen LogP contribution is 2.36. The summed E-state index contributed by atoms with van der Waals surface area (Å²) in [5.74, 6) is -0.636. The van der Waals surface area contributed by atoms with Crippen LogP contribution in [0.4, 0.5) is 13.2 Å². The number of hydrogen-bond acceptors (Lipinski definition) is 7. The van der Waals surface area contributed by atoms with Crippen molar-refractivity contribution >= 4 is 5.91 Å². The molecule has 42 heavy (non-hydrogen) atoms. The number of nitrogens with zero attached hydrogens (tertiary/aromatic N) is 1. The van der Waals surface area contributed by atoms with E-state index >= 15 is 0 Å². The number of nitrogens with one attached hydrogen (secondary N) is 1. The van der Waals surface area contributed by atoms with Gasteiger partial charge in [-0.2, -0.15) is 13.2 Å². The third-order valence-electron chi connectivity index (χ3n) is 7.39. The molecule has 1 aromatic rings. The van der Waals surface area contributed by atoms with E-state index in [0.717, 1.165) is 31.4 Å². The van der Waals surface area contributed by atoms with Gasteiger partial charge < -0.3 is 25.5 Å². The number of hydrogen-bond donors (Lipinski definition) is 4. The second-order valence-electron chi connectivity index (χ2n) is 10.7. The molecule has 0 aliphatic heterocycles. The van der Waals surface area contributed by atoms with Crippen LogP contribution in [-0.4, -0.2) is 57.8 Å². The highest BCUT2D eigenvalue weighted by Gasteiger charge is 2.39. The van der Waals surface area contributed by atoms with Crippen molar-refractivity contribution in [3.05, 3.63) is 69.8 Å². The number of carbonyl (C=O) groups excluding carboxylic acids is 1. The third kappa shape index (κ3) is 13.8. The minimum absolute atomic E-state index is 0.0359. The van der Waals surface area contributed by atoms with Crippen molar-refractivity contribution in [3.8, 4) is 0 Å². The standard InChI is InChI=1S/C30H43F3N2O7/c31-30(32,33)23-11-9-10-22(20-23)14-15-24(36)16-17-26-25(27(37)21-28(26)38)12-5-1-2-6-13-29(39)34-18-7-3-4-8-19-42-35(40)41/h1,5,9-11,16-17,20,24-28,36-38H,2-4,6-8,12-15,18-19,21H2,(H,34,39)/t24-,25+,26+,27-,28+/m0/s1. The molecule has 5 atom stereocenters. The van der Waals surface area contributed by atoms with Crippen LogP contribution >= 0.6 is 0 Å². The number of alkyl halides is 3. The Labute approximate surface area is 244 Å². The van der Waals surface area contributed by atoms with E-state index in [9.17, 15) is 43.4 Å². The molecular formula is C30H43F3N2O7. The summed E-state index contributed by atoms with van der Waals surface area (Å²) < 4.78 is 38.7. The second-order valence-corrected chi connectivity index (χ2v) is 10.7. The van der Waals surface area contributed by atoms with Crippen molar-refractivity contribution in [2.75, 3.05) is 13.2 Å². The molecule has 0 unspecified atom stereocenters. The summed E-state index contributed by atoms with van der Waals surface area (Å²) in [6.45, 7) is 0.643. The molecule has 1 fully saturated rings. The van der Waals surface area contributed by atoms with Gasteiger partial charge in [-0.15, -0.1) is 10.1 Å². The summed E-state index contributed by atoms with van der Waals surface area (Å²) in [4.78, 5) is 26.3. The van der Waals surface area contributed by atoms with Crippen LogP contribution < -0.4 is 5.32 Å². The van der Waals surface area contributed by atoms with E-state index in [1.54, 1.807) is 18.2 Å². The van der Waals surface area contributed by atoms with Crippen molar-refractivity contribution in [2.24, 2.45) is 11.8 Å². The normalized spacial score (nSPS) is 21.7. The molecule has 0 heterocycles. The number of rotatable bonds is 19. The van der Waals surface area contributed by atoms with E-state index in [1.807, 2.05) is 12.2 Å². The molecule has 12 heteroatoms. The minimum Gasteiger partial charge on any atom is -0.393 e. The molecule has 1 aliphatic rings. The van der Waals surface area contributed by atoms with Gasteiger partial charge in [0.15, 0.2) is 0 Å². The highest BCUT2D eigenvalue weighted by atomic mass is 19.4. The number of carbonyl (C=O) groups is 1. The van der Waals surface area contributed by atoms with E-state index in [2.05, 4.69) is 10.2 Å². The maximum Gasteiger partial charge on any atom is 0.416 e. The molecule has 1 amide bonds. The molecule has 9 nitrogen and oxygen atoms in total. The molecule has 0 spiro atoms. The number of aliphatic hydroxyl groups is 3. The molecule has 0 aromatic heterocycles. The zero-order valence-corrected chi connectivity index (χ0v) is 23.8. The van der Waals surface area contributed by atoms with Gasteiger partial charge in [0.25, 0.3) is 5.09 Å². The van der Waals surface area contributed by atoms with E-state index < -0.39 is 35.1 Å². The summed E-state index contributed by atoms with van der Waals surface area (Å²) in [6.07, 6.45) is 6.33. The second kappa shape index (κ2) is 18.6. The van der Waals surface area contributed by atoms with Crippen LogP contribution in [0.1, 0.15) is 75.3 Å². The molecule has 0 radical (unpaired) electrons. The zero-order valence-electron chi connectivity index (χ0n) is 23.8. The Balaban J connectivity index is 1.66. The van der Waals surface area contributed by atoms with Crippen molar-refractivity contribution in [3.63, 3.8) is 0 Å². The summed E-state index contributed by atoms with van der Waals surface area (Å²) in [6, 6.07) is 5.02. The van der Waals surface area contributed by atoms with Crippen LogP contribution in [0.5, 0.6) is 0 Å². The average molecular weight is 601 g/mol. The zero-order chi connectivity index (χ0) is 31.0. The maximum atomic E-state index is 12.9. The van der Waals surface area contributed by atoms with Crippen LogP contribution in [-0.2, 0) is 22.2 Å². The van der Waals surface area contributed by atoms with Crippen molar-refractivity contribution in [1.29, 1.82) is 0 Å². The first-order valence-corrected chi connectivity index (χ1v) is 14.5. The average Bonchev–Trinajstić information content (AvgIpc) is 3.20. The first kappa shape index (κ1) is 35.2. The number of unbranched alkanes of at least 4 members (excludes halogenated alkanes) is 4. The summed E-state index contributed by atoms with van der Waals surface area (Å²) in [7, 11) is 0. The molecule has 1 aliphatic carbocycles. The Hall–Kier alpha value is -2.96. The third-order valence-corrected chi connectivity index (χ3v) is 7.39. The van der Waals surface area contributed by atoms with Gasteiger partial charge in [0.2, 0.25) is 5.91 Å². The first-order valence-electron chi connectivity index (χ1n) is 14.5. The van der Waals surface area contributed by atoms with Gasteiger partial charge in [0.05, 0.1) is 30.5 Å². The van der Waals surface area contributed by atoms with Gasteiger partial charge >= 0.3 is 6.18 Å².